The molecule has 1 N–H and O–H groups in total. The van der Waals surface area contributed by atoms with E-state index in [9.17, 15) is 18.3 Å². The van der Waals surface area contributed by atoms with E-state index in [1.807, 2.05) is 0 Å². The van der Waals surface area contributed by atoms with Crippen LogP contribution in [0.3, 0.4) is 0 Å². The van der Waals surface area contributed by atoms with Crippen molar-refractivity contribution in [1.82, 2.24) is 0 Å². The summed E-state index contributed by atoms with van der Waals surface area (Å²) < 4.78 is 38.3. The molecule has 2 aromatic rings. The van der Waals surface area contributed by atoms with Gasteiger partial charge >= 0.3 is 6.18 Å². The Balaban J connectivity index is 2.53. The molecule has 0 aromatic heterocycles. The largest absolute Gasteiger partial charge is 0.416 e. The highest BCUT2D eigenvalue weighted by Crippen LogP contribution is 2.36. The Kier molecular flexibility index (Phi) is 3.86. The summed E-state index contributed by atoms with van der Waals surface area (Å²) in [6.45, 7) is 1.74. The number of hydrogen-bond acceptors (Lipinski definition) is 1. The van der Waals surface area contributed by atoms with Gasteiger partial charge in [0.15, 0.2) is 0 Å². The fourth-order valence-electron chi connectivity index (χ4n) is 2.24. The molecule has 0 unspecified atom stereocenters. The fourth-order valence-corrected chi connectivity index (χ4v) is 2.24. The Morgan fingerprint density at radius 1 is 0.850 bits per heavy atom. The molecule has 0 radical (unpaired) electrons. The Bertz CT molecular complexity index is 578. The van der Waals surface area contributed by atoms with Gasteiger partial charge in [0.1, 0.15) is 5.60 Å². The standard InChI is InChI=1S/C16H15F3O/c1-2-15(20,12-7-4-3-5-8-12)13-9-6-10-14(11-13)16(17,18)19/h3-11,20H,2H2,1H3/t15-/m1/s1. The first-order valence-electron chi connectivity index (χ1n) is 6.33. The van der Waals surface area contributed by atoms with Crippen molar-refractivity contribution in [2.24, 2.45) is 0 Å². The van der Waals surface area contributed by atoms with Gasteiger partial charge in [-0.2, -0.15) is 13.2 Å². The van der Waals surface area contributed by atoms with Crippen LogP contribution in [0.5, 0.6) is 0 Å². The van der Waals surface area contributed by atoms with Crippen LogP contribution in [0.4, 0.5) is 13.2 Å². The zero-order valence-corrected chi connectivity index (χ0v) is 11.0. The van der Waals surface area contributed by atoms with Crippen LogP contribution in [0, 0.1) is 0 Å². The third-order valence-electron chi connectivity index (χ3n) is 3.43. The molecule has 0 amide bonds. The Morgan fingerprint density at radius 2 is 1.40 bits per heavy atom. The average Bonchev–Trinajstić information content (AvgIpc) is 2.46. The monoisotopic (exact) mass is 280 g/mol. The van der Waals surface area contributed by atoms with Crippen LogP contribution in [0.1, 0.15) is 30.0 Å². The topological polar surface area (TPSA) is 20.2 Å². The van der Waals surface area contributed by atoms with E-state index in [0.29, 0.717) is 12.0 Å². The molecule has 0 spiro atoms. The number of hydrogen-bond donors (Lipinski definition) is 1. The summed E-state index contributed by atoms with van der Waals surface area (Å²) in [4.78, 5) is 0. The van der Waals surface area contributed by atoms with Gasteiger partial charge in [-0.1, -0.05) is 49.4 Å². The highest BCUT2D eigenvalue weighted by molar-refractivity contribution is 5.38. The van der Waals surface area contributed by atoms with Crippen molar-refractivity contribution < 1.29 is 18.3 Å². The van der Waals surface area contributed by atoms with E-state index in [4.69, 9.17) is 0 Å². The molecular formula is C16H15F3O. The lowest BCUT2D eigenvalue weighted by Gasteiger charge is -2.28. The summed E-state index contributed by atoms with van der Waals surface area (Å²) in [5.41, 5.74) is -1.33. The minimum atomic E-state index is -4.42. The first-order valence-corrected chi connectivity index (χ1v) is 6.33. The van der Waals surface area contributed by atoms with Crippen molar-refractivity contribution in [1.29, 1.82) is 0 Å². The molecular weight excluding hydrogens is 265 g/mol. The summed E-state index contributed by atoms with van der Waals surface area (Å²) in [5.74, 6) is 0. The Morgan fingerprint density at radius 3 is 1.95 bits per heavy atom. The first-order chi connectivity index (χ1) is 9.38. The molecule has 20 heavy (non-hydrogen) atoms. The Labute approximate surface area is 115 Å². The van der Waals surface area contributed by atoms with Gasteiger partial charge in [0.25, 0.3) is 0 Å². The van der Waals surface area contributed by atoms with E-state index in [1.165, 1.54) is 12.1 Å². The molecule has 1 nitrogen and oxygen atoms in total. The van der Waals surface area contributed by atoms with Crippen LogP contribution < -0.4 is 0 Å². The molecule has 0 saturated carbocycles. The van der Waals surface area contributed by atoms with Gasteiger partial charge in [-0.15, -0.1) is 0 Å². The van der Waals surface area contributed by atoms with Crippen molar-refractivity contribution >= 4 is 0 Å². The second-order valence-corrected chi connectivity index (χ2v) is 4.66. The SMILES string of the molecule is CC[C@@](O)(c1ccccc1)c1cccc(C(F)(F)F)c1. The van der Waals surface area contributed by atoms with E-state index < -0.39 is 17.3 Å². The zero-order valence-electron chi connectivity index (χ0n) is 11.0. The van der Waals surface area contributed by atoms with Gasteiger partial charge < -0.3 is 5.11 Å². The van der Waals surface area contributed by atoms with Crippen molar-refractivity contribution in [3.05, 3.63) is 71.3 Å². The van der Waals surface area contributed by atoms with E-state index >= 15 is 0 Å². The van der Waals surface area contributed by atoms with E-state index in [-0.39, 0.29) is 5.56 Å². The molecule has 2 rings (SSSR count). The van der Waals surface area contributed by atoms with Crippen LogP contribution >= 0.6 is 0 Å². The summed E-state index contributed by atoms with van der Waals surface area (Å²) in [5, 5.41) is 10.8. The van der Waals surface area contributed by atoms with Crippen molar-refractivity contribution in [2.75, 3.05) is 0 Å². The maximum absolute atomic E-state index is 12.8. The summed E-state index contributed by atoms with van der Waals surface area (Å²) in [6.07, 6.45) is -4.13. The molecule has 2 aromatic carbocycles. The normalized spacial score (nSPS) is 14.8. The summed E-state index contributed by atoms with van der Waals surface area (Å²) in [7, 11) is 0. The third kappa shape index (κ3) is 2.70. The van der Waals surface area contributed by atoms with Crippen LogP contribution in [0.2, 0.25) is 0 Å². The fraction of sp³-hybridized carbons (Fsp3) is 0.250. The first kappa shape index (κ1) is 14.6. The molecule has 0 heterocycles. The van der Waals surface area contributed by atoms with E-state index in [1.54, 1.807) is 37.3 Å². The molecule has 4 heteroatoms. The maximum Gasteiger partial charge on any atom is 0.416 e. The van der Waals surface area contributed by atoms with Gasteiger partial charge in [-0.25, -0.2) is 0 Å². The van der Waals surface area contributed by atoms with Gasteiger partial charge in [-0.05, 0) is 29.7 Å². The van der Waals surface area contributed by atoms with Crippen LogP contribution in [-0.4, -0.2) is 5.11 Å². The lowest BCUT2D eigenvalue weighted by Crippen LogP contribution is -2.26. The highest BCUT2D eigenvalue weighted by atomic mass is 19.4. The lowest BCUT2D eigenvalue weighted by molar-refractivity contribution is -0.137. The van der Waals surface area contributed by atoms with Gasteiger partial charge in [0.05, 0.1) is 5.56 Å². The molecule has 1 atom stereocenters. The maximum atomic E-state index is 12.8. The second kappa shape index (κ2) is 5.29. The lowest BCUT2D eigenvalue weighted by atomic mass is 9.83. The molecule has 0 aliphatic carbocycles. The quantitative estimate of drug-likeness (QED) is 0.886. The second-order valence-electron chi connectivity index (χ2n) is 4.66. The summed E-state index contributed by atoms with van der Waals surface area (Å²) in [6, 6.07) is 13.6. The van der Waals surface area contributed by atoms with Crippen LogP contribution in [0.25, 0.3) is 0 Å². The van der Waals surface area contributed by atoms with Crippen molar-refractivity contribution in [3.63, 3.8) is 0 Å². The van der Waals surface area contributed by atoms with Crippen molar-refractivity contribution in [2.45, 2.75) is 25.1 Å². The number of halogens is 3. The van der Waals surface area contributed by atoms with Crippen LogP contribution in [0.15, 0.2) is 54.6 Å². The number of alkyl halides is 3. The van der Waals surface area contributed by atoms with Gasteiger partial charge in [0.2, 0.25) is 0 Å². The molecule has 0 aliphatic rings. The van der Waals surface area contributed by atoms with Crippen LogP contribution in [-0.2, 0) is 11.8 Å². The molecule has 106 valence electrons. The smallest absolute Gasteiger partial charge is 0.380 e. The highest BCUT2D eigenvalue weighted by Gasteiger charge is 2.34. The van der Waals surface area contributed by atoms with E-state index in [2.05, 4.69) is 0 Å². The zero-order chi connectivity index (χ0) is 14.8. The van der Waals surface area contributed by atoms with E-state index in [0.717, 1.165) is 12.1 Å². The van der Waals surface area contributed by atoms with Gasteiger partial charge in [0, 0.05) is 0 Å². The summed E-state index contributed by atoms with van der Waals surface area (Å²) >= 11 is 0. The van der Waals surface area contributed by atoms with Crippen molar-refractivity contribution in [3.8, 4) is 0 Å². The predicted molar refractivity (Wildman–Crippen MR) is 71.2 cm³/mol. The minimum absolute atomic E-state index is 0.251. The number of rotatable bonds is 3. The Hall–Kier alpha value is -1.81. The predicted octanol–water partition coefficient (Wildman–Crippen LogP) is 4.35. The molecule has 0 saturated heterocycles. The van der Waals surface area contributed by atoms with Gasteiger partial charge in [-0.3, -0.25) is 0 Å². The number of benzene rings is 2. The molecule has 0 fully saturated rings. The number of aliphatic hydroxyl groups is 1. The molecule has 0 aliphatic heterocycles. The average molecular weight is 280 g/mol. The molecule has 0 bridgehead atoms. The third-order valence-corrected chi connectivity index (χ3v) is 3.43. The minimum Gasteiger partial charge on any atom is -0.380 e.